The Kier molecular flexibility index (Phi) is 2.75. The minimum atomic E-state index is 0.585. The first kappa shape index (κ1) is 12.5. The van der Waals surface area contributed by atoms with Gasteiger partial charge < -0.3 is 4.42 Å². The molecule has 0 spiro atoms. The number of rotatable bonds is 1. The molecule has 1 aromatic heterocycles. The lowest BCUT2D eigenvalue weighted by molar-refractivity contribution is 0.568. The van der Waals surface area contributed by atoms with Gasteiger partial charge in [-0.05, 0) is 30.9 Å². The van der Waals surface area contributed by atoms with Crippen LogP contribution in [0.4, 0.5) is 0 Å². The lowest BCUT2D eigenvalue weighted by Crippen LogP contribution is -2.24. The maximum atomic E-state index is 6.17. The smallest absolute Gasteiger partial charge is 0.143 e. The second-order valence-corrected chi connectivity index (χ2v) is 6.01. The van der Waals surface area contributed by atoms with Crippen molar-refractivity contribution >= 4 is 23.1 Å². The van der Waals surface area contributed by atoms with E-state index in [9.17, 15) is 0 Å². The van der Waals surface area contributed by atoms with Crippen molar-refractivity contribution in [1.82, 2.24) is 0 Å². The molecule has 1 unspecified atom stereocenters. The topological polar surface area (TPSA) is 13.1 Å². The number of aryl methyl sites for hydroxylation is 1. The fourth-order valence-electron chi connectivity index (χ4n) is 3.09. The van der Waals surface area contributed by atoms with Crippen LogP contribution in [0.5, 0.6) is 0 Å². The molecule has 0 saturated carbocycles. The van der Waals surface area contributed by atoms with Crippen molar-refractivity contribution in [2.24, 2.45) is 5.92 Å². The molecule has 1 heterocycles. The van der Waals surface area contributed by atoms with E-state index in [0.29, 0.717) is 5.92 Å². The molecule has 0 fully saturated rings. The average molecular weight is 274 g/mol. The molecule has 1 atom stereocenters. The molecule has 21 heavy (non-hydrogen) atoms. The fraction of sp³-hybridized carbons (Fsp3) is 0.200. The van der Waals surface area contributed by atoms with Gasteiger partial charge in [-0.15, -0.1) is 0 Å². The van der Waals surface area contributed by atoms with Crippen LogP contribution in [0.25, 0.3) is 34.2 Å². The van der Waals surface area contributed by atoms with E-state index in [1.165, 1.54) is 27.3 Å². The molecule has 1 heteroatoms. The van der Waals surface area contributed by atoms with E-state index in [-0.39, 0.29) is 0 Å². The third-order valence-electron chi connectivity index (χ3n) is 4.27. The van der Waals surface area contributed by atoms with Gasteiger partial charge in [0.25, 0.3) is 0 Å². The number of fused-ring (bicyclic) bond motifs is 3. The van der Waals surface area contributed by atoms with E-state index < -0.39 is 0 Å². The maximum Gasteiger partial charge on any atom is 0.143 e. The second-order valence-electron chi connectivity index (χ2n) is 6.01. The van der Waals surface area contributed by atoms with Crippen molar-refractivity contribution in [3.63, 3.8) is 0 Å². The van der Waals surface area contributed by atoms with Crippen LogP contribution in [0.15, 0.2) is 46.9 Å². The van der Waals surface area contributed by atoms with Crippen LogP contribution in [0.3, 0.4) is 0 Å². The summed E-state index contributed by atoms with van der Waals surface area (Å²) in [6, 6.07) is 15.1. The van der Waals surface area contributed by atoms with Gasteiger partial charge in [-0.3, -0.25) is 0 Å². The van der Waals surface area contributed by atoms with Crippen molar-refractivity contribution in [1.29, 1.82) is 0 Å². The van der Waals surface area contributed by atoms with E-state index in [2.05, 4.69) is 68.5 Å². The van der Waals surface area contributed by atoms with E-state index >= 15 is 0 Å². The standard InChI is InChI=1S/C20H18O/c1-13-6-9-15(10-7-13)16-4-3-5-17-18-12-14(2)8-11-19(18)21-20(16)17/h3-7,9-12,14H,8H2,1-2H3. The monoisotopic (exact) mass is 274 g/mol. The first-order valence-corrected chi connectivity index (χ1v) is 7.53. The Labute approximate surface area is 124 Å². The number of para-hydroxylation sites is 1. The highest BCUT2D eigenvalue weighted by Crippen LogP contribution is 2.27. The van der Waals surface area contributed by atoms with Gasteiger partial charge in [-0.2, -0.15) is 0 Å². The second kappa shape index (κ2) is 4.63. The fourth-order valence-corrected chi connectivity index (χ4v) is 3.09. The number of hydrogen-bond acceptors (Lipinski definition) is 1. The van der Waals surface area contributed by atoms with Crippen molar-refractivity contribution < 1.29 is 4.42 Å². The Morgan fingerprint density at radius 1 is 1.05 bits per heavy atom. The van der Waals surface area contributed by atoms with Gasteiger partial charge in [0.05, 0.1) is 0 Å². The Bertz CT molecular complexity index is 926. The number of hydrogen-bond donors (Lipinski definition) is 0. The van der Waals surface area contributed by atoms with Gasteiger partial charge in [0.1, 0.15) is 11.0 Å². The number of furan rings is 1. The van der Waals surface area contributed by atoms with Gasteiger partial charge in [0, 0.05) is 16.2 Å². The summed E-state index contributed by atoms with van der Waals surface area (Å²) < 4.78 is 6.17. The van der Waals surface area contributed by atoms with Crippen LogP contribution in [-0.2, 0) is 0 Å². The summed E-state index contributed by atoms with van der Waals surface area (Å²) in [6.45, 7) is 4.36. The molecule has 1 aliphatic carbocycles. The first-order chi connectivity index (χ1) is 10.2. The molecule has 0 radical (unpaired) electrons. The van der Waals surface area contributed by atoms with E-state index in [0.717, 1.165) is 17.4 Å². The zero-order chi connectivity index (χ0) is 14.4. The van der Waals surface area contributed by atoms with Gasteiger partial charge in [0.2, 0.25) is 0 Å². The molecule has 4 rings (SSSR count). The van der Waals surface area contributed by atoms with E-state index in [4.69, 9.17) is 4.42 Å². The highest BCUT2D eigenvalue weighted by Gasteiger charge is 2.12. The summed E-state index contributed by atoms with van der Waals surface area (Å²) in [5, 5.41) is 2.49. The molecule has 0 N–H and O–H groups in total. The van der Waals surface area contributed by atoms with Crippen LogP contribution in [-0.4, -0.2) is 0 Å². The summed E-state index contributed by atoms with van der Waals surface area (Å²) in [5.41, 5.74) is 5.71. The Morgan fingerprint density at radius 2 is 1.86 bits per heavy atom. The zero-order valence-corrected chi connectivity index (χ0v) is 12.4. The van der Waals surface area contributed by atoms with Crippen LogP contribution in [0.2, 0.25) is 0 Å². The Balaban J connectivity index is 2.05. The summed E-state index contributed by atoms with van der Waals surface area (Å²) in [4.78, 5) is 0. The normalized spacial score (nSPS) is 17.1. The number of benzene rings is 2. The summed E-state index contributed by atoms with van der Waals surface area (Å²) in [7, 11) is 0. The molecule has 2 aromatic carbocycles. The van der Waals surface area contributed by atoms with Crippen LogP contribution >= 0.6 is 0 Å². The van der Waals surface area contributed by atoms with Gasteiger partial charge in [0.15, 0.2) is 0 Å². The molecule has 0 bridgehead atoms. The van der Waals surface area contributed by atoms with Gasteiger partial charge in [-0.1, -0.05) is 61.0 Å². The Hall–Kier alpha value is -2.28. The van der Waals surface area contributed by atoms with Crippen molar-refractivity contribution in [3.05, 3.63) is 58.7 Å². The summed E-state index contributed by atoms with van der Waals surface area (Å²) >= 11 is 0. The third-order valence-corrected chi connectivity index (χ3v) is 4.27. The largest absolute Gasteiger partial charge is 0.456 e. The quantitative estimate of drug-likeness (QED) is 0.653. The molecule has 0 aliphatic heterocycles. The maximum absolute atomic E-state index is 6.17. The van der Waals surface area contributed by atoms with Gasteiger partial charge in [-0.25, -0.2) is 0 Å². The predicted molar refractivity (Wildman–Crippen MR) is 88.3 cm³/mol. The minimum absolute atomic E-state index is 0.585. The molecule has 1 nitrogen and oxygen atoms in total. The Morgan fingerprint density at radius 3 is 2.67 bits per heavy atom. The summed E-state index contributed by atoms with van der Waals surface area (Å²) in [6.07, 6.45) is 5.62. The van der Waals surface area contributed by atoms with Crippen molar-refractivity contribution in [3.8, 4) is 11.1 Å². The van der Waals surface area contributed by atoms with Crippen LogP contribution in [0.1, 0.15) is 18.9 Å². The van der Waals surface area contributed by atoms with Crippen LogP contribution < -0.4 is 10.6 Å². The predicted octanol–water partition coefficient (Wildman–Crippen LogP) is 4.01. The summed E-state index contributed by atoms with van der Waals surface area (Å²) in [5.74, 6) is 0.585. The van der Waals surface area contributed by atoms with Crippen LogP contribution in [0, 0.1) is 12.8 Å². The molecule has 104 valence electrons. The minimum Gasteiger partial charge on any atom is -0.456 e. The lowest BCUT2D eigenvalue weighted by atomic mass is 9.99. The molecule has 0 saturated heterocycles. The molecule has 0 amide bonds. The highest BCUT2D eigenvalue weighted by atomic mass is 16.3. The third kappa shape index (κ3) is 2.01. The van der Waals surface area contributed by atoms with Crippen molar-refractivity contribution in [2.75, 3.05) is 0 Å². The zero-order valence-electron chi connectivity index (χ0n) is 12.4. The molecule has 3 aromatic rings. The highest BCUT2D eigenvalue weighted by molar-refractivity contribution is 5.93. The molecule has 1 aliphatic rings. The SMILES string of the molecule is Cc1ccc(-c2cccc3c4c(oc23)=CCC(C)C=4)cc1. The van der Waals surface area contributed by atoms with E-state index in [1.807, 2.05) is 0 Å². The molecular formula is C20H18O. The average Bonchev–Trinajstić information content (AvgIpc) is 2.86. The molecular weight excluding hydrogens is 256 g/mol. The lowest BCUT2D eigenvalue weighted by Gasteiger charge is -2.03. The van der Waals surface area contributed by atoms with E-state index in [1.54, 1.807) is 0 Å². The van der Waals surface area contributed by atoms with Crippen molar-refractivity contribution in [2.45, 2.75) is 20.3 Å². The van der Waals surface area contributed by atoms with Gasteiger partial charge >= 0.3 is 0 Å². The first-order valence-electron chi connectivity index (χ1n) is 7.53.